The van der Waals surface area contributed by atoms with Gasteiger partial charge in [-0.2, -0.15) is 5.10 Å². The number of aryl methyl sites for hydroxylation is 1. The molecule has 0 spiro atoms. The van der Waals surface area contributed by atoms with Crippen molar-refractivity contribution in [1.29, 1.82) is 0 Å². The van der Waals surface area contributed by atoms with Crippen molar-refractivity contribution in [2.45, 2.75) is 46.1 Å². The predicted octanol–water partition coefficient (Wildman–Crippen LogP) is 4.26. The third kappa shape index (κ3) is 4.53. The van der Waals surface area contributed by atoms with Gasteiger partial charge in [0.2, 0.25) is 5.91 Å². The summed E-state index contributed by atoms with van der Waals surface area (Å²) in [5.74, 6) is 0.0914. The fourth-order valence-electron chi connectivity index (χ4n) is 3.91. The molecule has 2 aromatic heterocycles. The van der Waals surface area contributed by atoms with Crippen LogP contribution in [0.5, 0.6) is 0 Å². The van der Waals surface area contributed by atoms with Crippen LogP contribution in [0, 0.1) is 12.8 Å². The van der Waals surface area contributed by atoms with Crippen molar-refractivity contribution in [2.24, 2.45) is 5.92 Å². The molecule has 1 atom stereocenters. The number of thiazole rings is 1. The lowest BCUT2D eigenvalue weighted by Gasteiger charge is -2.32. The number of fused-ring (bicyclic) bond motifs is 1. The Morgan fingerprint density at radius 3 is 2.90 bits per heavy atom. The Morgan fingerprint density at radius 2 is 2.13 bits per heavy atom. The van der Waals surface area contributed by atoms with Gasteiger partial charge in [0.05, 0.1) is 15.2 Å². The van der Waals surface area contributed by atoms with Gasteiger partial charge in [-0.3, -0.25) is 14.3 Å². The molecule has 0 aliphatic carbocycles. The Hall–Kier alpha value is -2.74. The fourth-order valence-corrected chi connectivity index (χ4v) is 4.78. The minimum Gasteiger partial charge on any atom is -0.337 e. The van der Waals surface area contributed by atoms with E-state index in [2.05, 4.69) is 15.4 Å². The highest BCUT2D eigenvalue weighted by atomic mass is 32.1. The number of likely N-dealkylation sites (tertiary alicyclic amines) is 1. The van der Waals surface area contributed by atoms with E-state index in [0.717, 1.165) is 33.8 Å². The highest BCUT2D eigenvalue weighted by Gasteiger charge is 2.27. The number of nitrogens with zero attached hydrogens (tertiary/aromatic N) is 4. The summed E-state index contributed by atoms with van der Waals surface area (Å²) in [6.07, 6.45) is 4.10. The second-order valence-electron chi connectivity index (χ2n) is 8.20. The number of nitrogens with one attached hydrogen (secondary N) is 1. The van der Waals surface area contributed by atoms with Gasteiger partial charge < -0.3 is 10.2 Å². The number of hydrogen-bond donors (Lipinski definition) is 1. The van der Waals surface area contributed by atoms with Gasteiger partial charge in [0, 0.05) is 37.4 Å². The summed E-state index contributed by atoms with van der Waals surface area (Å²) < 4.78 is 2.87. The van der Waals surface area contributed by atoms with Crippen LogP contribution in [0.4, 0.5) is 5.69 Å². The molecule has 7 nitrogen and oxygen atoms in total. The molecule has 2 amide bonds. The van der Waals surface area contributed by atoms with Crippen molar-refractivity contribution in [1.82, 2.24) is 19.7 Å². The molecule has 1 unspecified atom stereocenters. The number of carbonyl (C=O) groups is 2. The fraction of sp³-hybridized carbons (Fsp3) is 0.455. The number of piperidine rings is 1. The number of aromatic nitrogens is 3. The van der Waals surface area contributed by atoms with Crippen molar-refractivity contribution in [3.63, 3.8) is 0 Å². The molecule has 3 heterocycles. The second-order valence-corrected chi connectivity index (χ2v) is 9.44. The van der Waals surface area contributed by atoms with Crippen molar-refractivity contribution in [2.75, 3.05) is 18.4 Å². The maximum atomic E-state index is 12.8. The molecule has 8 heteroatoms. The molecule has 1 saturated heterocycles. The molecule has 0 bridgehead atoms. The SMILES string of the molecule is Cc1nc2ccc(NC(=O)CC3CCCN(C(=O)c4ccn(C(C)C)n4)C3)cc2s1. The zero-order chi connectivity index (χ0) is 21.3. The van der Waals surface area contributed by atoms with E-state index in [9.17, 15) is 9.59 Å². The average molecular weight is 426 g/mol. The van der Waals surface area contributed by atoms with E-state index in [1.165, 1.54) is 0 Å². The Labute approximate surface area is 180 Å². The Morgan fingerprint density at radius 1 is 1.30 bits per heavy atom. The van der Waals surface area contributed by atoms with Crippen molar-refractivity contribution in [3.05, 3.63) is 41.2 Å². The zero-order valence-corrected chi connectivity index (χ0v) is 18.4. The first-order chi connectivity index (χ1) is 14.4. The first kappa shape index (κ1) is 20.5. The summed E-state index contributed by atoms with van der Waals surface area (Å²) in [6, 6.07) is 7.79. The minimum atomic E-state index is -0.0504. The Balaban J connectivity index is 1.35. The van der Waals surface area contributed by atoms with Crippen molar-refractivity contribution >= 4 is 39.1 Å². The van der Waals surface area contributed by atoms with Crippen LogP contribution in [0.2, 0.25) is 0 Å². The number of carbonyl (C=O) groups excluding carboxylic acids is 2. The summed E-state index contributed by atoms with van der Waals surface area (Å²) in [5.41, 5.74) is 2.22. The molecule has 1 aromatic carbocycles. The predicted molar refractivity (Wildman–Crippen MR) is 119 cm³/mol. The number of amides is 2. The normalized spacial score (nSPS) is 16.9. The van der Waals surface area contributed by atoms with E-state index in [1.807, 2.05) is 50.1 Å². The van der Waals surface area contributed by atoms with Gasteiger partial charge in [0.1, 0.15) is 5.69 Å². The quantitative estimate of drug-likeness (QED) is 0.662. The monoisotopic (exact) mass is 425 g/mol. The molecule has 0 saturated carbocycles. The van der Waals surface area contributed by atoms with Gasteiger partial charge in [0.15, 0.2) is 0 Å². The molecule has 1 aliphatic rings. The summed E-state index contributed by atoms with van der Waals surface area (Å²) in [6.45, 7) is 7.35. The molecule has 1 N–H and O–H groups in total. The molecular formula is C22H27N5O2S. The van der Waals surface area contributed by atoms with Gasteiger partial charge in [-0.25, -0.2) is 4.98 Å². The van der Waals surface area contributed by atoms with Gasteiger partial charge in [-0.05, 0) is 63.8 Å². The minimum absolute atomic E-state index is 0.0148. The number of hydrogen-bond acceptors (Lipinski definition) is 5. The lowest BCUT2D eigenvalue weighted by Crippen LogP contribution is -2.41. The Bertz CT molecular complexity index is 1070. The average Bonchev–Trinajstić information content (AvgIpc) is 3.33. The third-order valence-electron chi connectivity index (χ3n) is 5.42. The van der Waals surface area contributed by atoms with Crippen LogP contribution in [0.1, 0.15) is 54.6 Å². The van der Waals surface area contributed by atoms with Crippen molar-refractivity contribution < 1.29 is 9.59 Å². The van der Waals surface area contributed by atoms with Gasteiger partial charge in [-0.15, -0.1) is 11.3 Å². The zero-order valence-electron chi connectivity index (χ0n) is 17.6. The molecule has 1 aliphatic heterocycles. The number of rotatable bonds is 5. The topological polar surface area (TPSA) is 80.1 Å². The lowest BCUT2D eigenvalue weighted by atomic mass is 9.94. The molecule has 158 valence electrons. The van der Waals surface area contributed by atoms with Gasteiger partial charge >= 0.3 is 0 Å². The third-order valence-corrected chi connectivity index (χ3v) is 6.35. The maximum absolute atomic E-state index is 12.8. The van der Waals surface area contributed by atoms with E-state index in [-0.39, 0.29) is 23.8 Å². The lowest BCUT2D eigenvalue weighted by molar-refractivity contribution is -0.117. The van der Waals surface area contributed by atoms with E-state index in [0.29, 0.717) is 25.2 Å². The van der Waals surface area contributed by atoms with E-state index in [1.54, 1.807) is 22.1 Å². The first-order valence-corrected chi connectivity index (χ1v) is 11.2. The molecule has 3 aromatic rings. The maximum Gasteiger partial charge on any atom is 0.274 e. The first-order valence-electron chi connectivity index (χ1n) is 10.4. The van der Waals surface area contributed by atoms with E-state index >= 15 is 0 Å². The van der Waals surface area contributed by atoms with E-state index in [4.69, 9.17) is 0 Å². The largest absolute Gasteiger partial charge is 0.337 e. The standard InChI is InChI=1S/C22H27N5O2S/c1-14(2)27-10-8-19(25-27)22(29)26-9-4-5-16(13-26)11-21(28)24-17-6-7-18-20(12-17)30-15(3)23-18/h6-8,10,12,14,16H,4-5,9,11,13H2,1-3H3,(H,24,28). The molecule has 4 rings (SSSR count). The smallest absolute Gasteiger partial charge is 0.274 e. The molecule has 1 fully saturated rings. The van der Waals surface area contributed by atoms with Crippen LogP contribution in [-0.4, -0.2) is 44.6 Å². The van der Waals surface area contributed by atoms with E-state index < -0.39 is 0 Å². The van der Waals surface area contributed by atoms with Crippen LogP contribution in [0.3, 0.4) is 0 Å². The van der Waals surface area contributed by atoms with Crippen LogP contribution >= 0.6 is 11.3 Å². The highest BCUT2D eigenvalue weighted by molar-refractivity contribution is 7.18. The second kappa shape index (κ2) is 8.55. The molecule has 30 heavy (non-hydrogen) atoms. The summed E-state index contributed by atoms with van der Waals surface area (Å²) in [7, 11) is 0. The summed E-state index contributed by atoms with van der Waals surface area (Å²) >= 11 is 1.62. The highest BCUT2D eigenvalue weighted by Crippen LogP contribution is 2.26. The number of benzene rings is 1. The van der Waals surface area contributed by atoms with Crippen molar-refractivity contribution in [3.8, 4) is 0 Å². The van der Waals surface area contributed by atoms with Crippen LogP contribution in [0.25, 0.3) is 10.2 Å². The van der Waals surface area contributed by atoms with Crippen LogP contribution in [0.15, 0.2) is 30.5 Å². The van der Waals surface area contributed by atoms with Crippen LogP contribution < -0.4 is 5.32 Å². The number of anilines is 1. The molecule has 0 radical (unpaired) electrons. The summed E-state index contributed by atoms with van der Waals surface area (Å²) in [4.78, 5) is 31.7. The Kier molecular flexibility index (Phi) is 5.85. The van der Waals surface area contributed by atoms with Gasteiger partial charge in [-0.1, -0.05) is 0 Å². The van der Waals surface area contributed by atoms with Gasteiger partial charge in [0.25, 0.3) is 5.91 Å². The summed E-state index contributed by atoms with van der Waals surface area (Å²) in [5, 5.41) is 8.41. The molecular weight excluding hydrogens is 398 g/mol. The van der Waals surface area contributed by atoms with Crippen LogP contribution in [-0.2, 0) is 4.79 Å².